The molecule has 126 valence electrons. The van der Waals surface area contributed by atoms with E-state index in [-0.39, 0.29) is 11.5 Å². The van der Waals surface area contributed by atoms with Gasteiger partial charge in [0.25, 0.3) is 11.5 Å². The fourth-order valence-corrected chi connectivity index (χ4v) is 3.83. The summed E-state index contributed by atoms with van der Waals surface area (Å²) in [4.78, 5) is 32.0. The molecule has 4 rings (SSSR count). The minimum Gasteiger partial charge on any atom is -0.339 e. The first-order valence-electron chi connectivity index (χ1n) is 9.07. The van der Waals surface area contributed by atoms with Crippen molar-refractivity contribution in [1.29, 1.82) is 0 Å². The Morgan fingerprint density at radius 2 is 1.71 bits per heavy atom. The van der Waals surface area contributed by atoms with Crippen molar-refractivity contribution in [2.45, 2.75) is 51.5 Å². The number of amides is 1. The van der Waals surface area contributed by atoms with E-state index >= 15 is 0 Å². The van der Waals surface area contributed by atoms with Crippen molar-refractivity contribution in [3.8, 4) is 0 Å². The molecular weight excluding hydrogens is 302 g/mol. The predicted octanol–water partition coefficient (Wildman–Crippen LogP) is 2.75. The van der Waals surface area contributed by atoms with Crippen LogP contribution in [0.2, 0.25) is 0 Å². The van der Waals surface area contributed by atoms with Crippen molar-refractivity contribution in [3.05, 3.63) is 39.9 Å². The molecule has 0 aliphatic carbocycles. The molecule has 0 bridgehead atoms. The van der Waals surface area contributed by atoms with Gasteiger partial charge in [0.2, 0.25) is 0 Å². The van der Waals surface area contributed by atoms with Gasteiger partial charge in [-0.25, -0.2) is 4.98 Å². The van der Waals surface area contributed by atoms with E-state index in [1.165, 1.54) is 12.8 Å². The smallest absolute Gasteiger partial charge is 0.261 e. The van der Waals surface area contributed by atoms with Crippen molar-refractivity contribution < 1.29 is 4.79 Å². The third-order valence-corrected chi connectivity index (χ3v) is 5.21. The van der Waals surface area contributed by atoms with Gasteiger partial charge in [-0.15, -0.1) is 0 Å². The van der Waals surface area contributed by atoms with Gasteiger partial charge in [-0.05, 0) is 43.9 Å². The molecule has 1 amide bonds. The fraction of sp³-hybridized carbons (Fsp3) is 0.526. The monoisotopic (exact) mass is 325 g/mol. The van der Waals surface area contributed by atoms with Crippen LogP contribution in [0.15, 0.2) is 23.0 Å². The molecule has 0 unspecified atom stereocenters. The van der Waals surface area contributed by atoms with Crippen LogP contribution in [0.3, 0.4) is 0 Å². The highest BCUT2D eigenvalue weighted by atomic mass is 16.2. The van der Waals surface area contributed by atoms with Gasteiger partial charge >= 0.3 is 0 Å². The number of nitrogens with zero attached hydrogens (tertiary/aromatic N) is 3. The van der Waals surface area contributed by atoms with Crippen molar-refractivity contribution in [3.63, 3.8) is 0 Å². The van der Waals surface area contributed by atoms with Crippen LogP contribution in [0.25, 0.3) is 10.9 Å². The highest BCUT2D eigenvalue weighted by molar-refractivity contribution is 5.97. The van der Waals surface area contributed by atoms with Gasteiger partial charge in [0.15, 0.2) is 0 Å². The van der Waals surface area contributed by atoms with Gasteiger partial charge in [0.05, 0.1) is 10.9 Å². The highest BCUT2D eigenvalue weighted by Gasteiger charge is 2.20. The lowest BCUT2D eigenvalue weighted by Gasteiger charge is -2.17. The van der Waals surface area contributed by atoms with Crippen LogP contribution in [0.1, 0.15) is 54.7 Å². The fourth-order valence-electron chi connectivity index (χ4n) is 3.83. The first kappa shape index (κ1) is 15.4. The van der Waals surface area contributed by atoms with E-state index < -0.39 is 0 Å². The zero-order chi connectivity index (χ0) is 16.5. The second-order valence-electron chi connectivity index (χ2n) is 6.88. The van der Waals surface area contributed by atoms with Crippen molar-refractivity contribution in [2.24, 2.45) is 0 Å². The van der Waals surface area contributed by atoms with Crippen LogP contribution >= 0.6 is 0 Å². The van der Waals surface area contributed by atoms with Crippen molar-refractivity contribution in [1.82, 2.24) is 14.5 Å². The zero-order valence-electron chi connectivity index (χ0n) is 14.0. The maximum Gasteiger partial charge on any atom is 0.261 e. The number of rotatable bonds is 1. The molecule has 0 N–H and O–H groups in total. The molecule has 0 atom stereocenters. The Kier molecular flexibility index (Phi) is 4.08. The van der Waals surface area contributed by atoms with E-state index in [1.54, 1.807) is 18.2 Å². The van der Waals surface area contributed by atoms with Gasteiger partial charge in [0.1, 0.15) is 5.82 Å². The maximum atomic E-state index is 12.8. The normalized spacial score (nSPS) is 18.2. The summed E-state index contributed by atoms with van der Waals surface area (Å²) in [6.07, 6.45) is 7.47. The highest BCUT2D eigenvalue weighted by Crippen LogP contribution is 2.18. The van der Waals surface area contributed by atoms with Crippen molar-refractivity contribution >= 4 is 16.8 Å². The Labute approximate surface area is 141 Å². The van der Waals surface area contributed by atoms with Crippen LogP contribution in [0, 0.1) is 0 Å². The average molecular weight is 325 g/mol. The topological polar surface area (TPSA) is 55.2 Å². The second kappa shape index (κ2) is 6.38. The molecule has 2 aromatic rings. The summed E-state index contributed by atoms with van der Waals surface area (Å²) in [5.74, 6) is 0.931. The summed E-state index contributed by atoms with van der Waals surface area (Å²) in [6, 6.07) is 5.36. The molecule has 0 spiro atoms. The molecule has 24 heavy (non-hydrogen) atoms. The summed E-state index contributed by atoms with van der Waals surface area (Å²) in [7, 11) is 0. The molecule has 1 fully saturated rings. The molecular formula is C19H23N3O2. The Morgan fingerprint density at radius 3 is 2.54 bits per heavy atom. The zero-order valence-corrected chi connectivity index (χ0v) is 14.0. The quantitative estimate of drug-likeness (QED) is 0.810. The molecule has 1 aromatic heterocycles. The molecule has 5 heteroatoms. The van der Waals surface area contributed by atoms with Crippen LogP contribution in [0.5, 0.6) is 0 Å². The molecule has 0 radical (unpaired) electrons. The van der Waals surface area contributed by atoms with Crippen LogP contribution in [-0.4, -0.2) is 33.4 Å². The minimum absolute atomic E-state index is 0.0390. The Morgan fingerprint density at radius 1 is 0.958 bits per heavy atom. The first-order valence-corrected chi connectivity index (χ1v) is 9.07. The van der Waals surface area contributed by atoms with Crippen LogP contribution < -0.4 is 5.56 Å². The third-order valence-electron chi connectivity index (χ3n) is 5.21. The number of hydrogen-bond acceptors (Lipinski definition) is 3. The van der Waals surface area contributed by atoms with Crippen LogP contribution in [-0.2, 0) is 13.0 Å². The number of carbonyl (C=O) groups is 1. The minimum atomic E-state index is 0.0390. The number of aryl methyl sites for hydroxylation is 1. The van der Waals surface area contributed by atoms with Gasteiger partial charge in [-0.1, -0.05) is 12.8 Å². The van der Waals surface area contributed by atoms with E-state index in [1.807, 2.05) is 9.47 Å². The standard InChI is InChI=1S/C19H23N3O2/c23-18(21-10-5-6-11-21)14-8-9-15-16(13-14)20-17-7-3-1-2-4-12-22(17)19(15)24/h8-9,13H,1-7,10-12H2. The number of benzene rings is 1. The van der Waals surface area contributed by atoms with Crippen molar-refractivity contribution in [2.75, 3.05) is 13.1 Å². The molecule has 2 aliphatic rings. The summed E-state index contributed by atoms with van der Waals surface area (Å²) < 4.78 is 1.84. The largest absolute Gasteiger partial charge is 0.339 e. The number of hydrogen-bond donors (Lipinski definition) is 0. The lowest BCUT2D eigenvalue weighted by atomic mass is 10.1. The molecule has 5 nitrogen and oxygen atoms in total. The Hall–Kier alpha value is -2.17. The summed E-state index contributed by atoms with van der Waals surface area (Å²) in [5, 5.41) is 0.622. The van der Waals surface area contributed by atoms with E-state index in [0.717, 1.165) is 57.6 Å². The molecule has 3 heterocycles. The Bertz CT molecular complexity index is 834. The number of aromatic nitrogens is 2. The molecule has 2 aliphatic heterocycles. The van der Waals surface area contributed by atoms with E-state index in [0.29, 0.717) is 16.5 Å². The molecule has 0 saturated carbocycles. The molecule has 1 saturated heterocycles. The first-order chi connectivity index (χ1) is 11.7. The Balaban J connectivity index is 1.77. The number of fused-ring (bicyclic) bond motifs is 2. The predicted molar refractivity (Wildman–Crippen MR) is 93.3 cm³/mol. The van der Waals surface area contributed by atoms with Gasteiger partial charge in [-0.2, -0.15) is 0 Å². The average Bonchev–Trinajstić information content (AvgIpc) is 3.10. The van der Waals surface area contributed by atoms with E-state index in [9.17, 15) is 9.59 Å². The molecule has 1 aromatic carbocycles. The van der Waals surface area contributed by atoms with E-state index in [2.05, 4.69) is 0 Å². The lowest BCUT2D eigenvalue weighted by Crippen LogP contribution is -2.28. The number of likely N-dealkylation sites (tertiary alicyclic amines) is 1. The van der Waals surface area contributed by atoms with Gasteiger partial charge < -0.3 is 4.90 Å². The van der Waals surface area contributed by atoms with Crippen LogP contribution in [0.4, 0.5) is 0 Å². The summed E-state index contributed by atoms with van der Waals surface area (Å²) in [6.45, 7) is 2.42. The number of carbonyl (C=O) groups excluding carboxylic acids is 1. The van der Waals surface area contributed by atoms with E-state index in [4.69, 9.17) is 4.98 Å². The SMILES string of the molecule is O=C(c1ccc2c(=O)n3c(nc2c1)CCCCCC3)N1CCCC1. The summed E-state index contributed by atoms with van der Waals surface area (Å²) >= 11 is 0. The second-order valence-corrected chi connectivity index (χ2v) is 6.88. The third kappa shape index (κ3) is 2.72. The van der Waals surface area contributed by atoms with Gasteiger partial charge in [-0.3, -0.25) is 14.2 Å². The van der Waals surface area contributed by atoms with Gasteiger partial charge in [0, 0.05) is 31.6 Å². The lowest BCUT2D eigenvalue weighted by molar-refractivity contribution is 0.0793. The maximum absolute atomic E-state index is 12.8. The summed E-state index contributed by atoms with van der Waals surface area (Å²) in [5.41, 5.74) is 1.35.